The van der Waals surface area contributed by atoms with Crippen molar-refractivity contribution < 1.29 is 14.3 Å². The molecule has 1 aliphatic rings. The highest BCUT2D eigenvalue weighted by Crippen LogP contribution is 2.23. The fraction of sp³-hybridized carbons (Fsp3) is 0.562. The third kappa shape index (κ3) is 4.53. The highest BCUT2D eigenvalue weighted by atomic mass is 79.9. The van der Waals surface area contributed by atoms with E-state index in [0.29, 0.717) is 16.0 Å². The number of hydrogen-bond acceptors (Lipinski definition) is 4. The number of ether oxygens (including phenoxy) is 1. The molecule has 5 nitrogen and oxygen atoms in total. The zero-order valence-electron chi connectivity index (χ0n) is 12.8. The number of carbonyl (C=O) groups is 2. The van der Waals surface area contributed by atoms with E-state index < -0.39 is 12.1 Å². The summed E-state index contributed by atoms with van der Waals surface area (Å²) in [5.41, 5.74) is 0.319. The predicted molar refractivity (Wildman–Crippen MR) is 86.4 cm³/mol. The first kappa shape index (κ1) is 16.9. The van der Waals surface area contributed by atoms with Gasteiger partial charge in [0, 0.05) is 22.9 Å². The van der Waals surface area contributed by atoms with Crippen LogP contribution in [-0.4, -0.2) is 29.0 Å². The van der Waals surface area contributed by atoms with E-state index in [1.54, 1.807) is 19.2 Å². The topological polar surface area (TPSA) is 68.3 Å². The second-order valence-corrected chi connectivity index (χ2v) is 6.73. The highest BCUT2D eigenvalue weighted by molar-refractivity contribution is 9.10. The molecule has 3 atom stereocenters. The van der Waals surface area contributed by atoms with Crippen LogP contribution in [0.1, 0.15) is 49.9 Å². The smallest absolute Gasteiger partial charge is 0.340 e. The Labute approximate surface area is 139 Å². The summed E-state index contributed by atoms with van der Waals surface area (Å²) >= 11 is 3.25. The van der Waals surface area contributed by atoms with Gasteiger partial charge in [-0.05, 0) is 47.7 Å². The van der Waals surface area contributed by atoms with Gasteiger partial charge in [-0.15, -0.1) is 0 Å². The van der Waals surface area contributed by atoms with E-state index in [9.17, 15) is 9.59 Å². The predicted octanol–water partition coefficient (Wildman–Crippen LogP) is 3.08. The van der Waals surface area contributed by atoms with Crippen molar-refractivity contribution in [3.8, 4) is 0 Å². The van der Waals surface area contributed by atoms with Gasteiger partial charge in [-0.1, -0.05) is 19.8 Å². The molecule has 120 valence electrons. The van der Waals surface area contributed by atoms with Gasteiger partial charge in [-0.3, -0.25) is 9.78 Å². The molecular formula is C16H21BrN2O3. The standard InChI is InChI=1S/C16H21BrN2O3/c1-10-5-3-4-6-14(10)19-15(20)11(2)22-16(21)12-7-13(17)9-18-8-12/h7-11,14H,3-6H2,1-2H3,(H,19,20). The molecule has 1 aliphatic carbocycles. The van der Waals surface area contributed by atoms with E-state index in [1.165, 1.54) is 12.6 Å². The summed E-state index contributed by atoms with van der Waals surface area (Å²) in [6.45, 7) is 3.74. The molecule has 1 aromatic heterocycles. The van der Waals surface area contributed by atoms with Crippen LogP contribution in [0.15, 0.2) is 22.9 Å². The molecule has 1 heterocycles. The fourth-order valence-electron chi connectivity index (χ4n) is 2.64. The molecule has 3 unspecified atom stereocenters. The zero-order chi connectivity index (χ0) is 16.1. The Morgan fingerprint density at radius 2 is 2.09 bits per heavy atom. The molecule has 0 bridgehead atoms. The Hall–Kier alpha value is -1.43. The van der Waals surface area contributed by atoms with Crippen molar-refractivity contribution in [3.05, 3.63) is 28.5 Å². The number of pyridine rings is 1. The summed E-state index contributed by atoms with van der Waals surface area (Å²) in [4.78, 5) is 28.1. The number of halogens is 1. The quantitative estimate of drug-likeness (QED) is 0.829. The molecule has 0 aliphatic heterocycles. The Kier molecular flexibility index (Phi) is 5.94. The maximum absolute atomic E-state index is 12.2. The van der Waals surface area contributed by atoms with E-state index in [1.807, 2.05) is 0 Å². The van der Waals surface area contributed by atoms with Crippen LogP contribution in [0.3, 0.4) is 0 Å². The summed E-state index contributed by atoms with van der Waals surface area (Å²) in [6.07, 6.45) is 6.64. The van der Waals surface area contributed by atoms with Crippen LogP contribution in [0.25, 0.3) is 0 Å². The van der Waals surface area contributed by atoms with Gasteiger partial charge in [0.25, 0.3) is 5.91 Å². The Balaban J connectivity index is 1.89. The average molecular weight is 369 g/mol. The van der Waals surface area contributed by atoms with Crippen molar-refractivity contribution in [1.82, 2.24) is 10.3 Å². The van der Waals surface area contributed by atoms with Crippen LogP contribution in [-0.2, 0) is 9.53 Å². The summed E-state index contributed by atoms with van der Waals surface area (Å²) in [5, 5.41) is 3.00. The largest absolute Gasteiger partial charge is 0.449 e. The lowest BCUT2D eigenvalue weighted by Crippen LogP contribution is -2.46. The highest BCUT2D eigenvalue weighted by Gasteiger charge is 2.26. The van der Waals surface area contributed by atoms with Crippen LogP contribution in [0.2, 0.25) is 0 Å². The van der Waals surface area contributed by atoms with Crippen molar-refractivity contribution >= 4 is 27.8 Å². The van der Waals surface area contributed by atoms with E-state index in [4.69, 9.17) is 4.74 Å². The molecule has 22 heavy (non-hydrogen) atoms. The van der Waals surface area contributed by atoms with Gasteiger partial charge in [-0.25, -0.2) is 4.79 Å². The molecular weight excluding hydrogens is 348 g/mol. The van der Waals surface area contributed by atoms with E-state index in [2.05, 4.69) is 33.2 Å². The monoisotopic (exact) mass is 368 g/mol. The number of rotatable bonds is 4. The van der Waals surface area contributed by atoms with Gasteiger partial charge in [-0.2, -0.15) is 0 Å². The lowest BCUT2D eigenvalue weighted by Gasteiger charge is -2.30. The number of carbonyl (C=O) groups excluding carboxylic acids is 2. The average Bonchev–Trinajstić information content (AvgIpc) is 2.49. The van der Waals surface area contributed by atoms with Crippen LogP contribution in [0, 0.1) is 5.92 Å². The first-order chi connectivity index (χ1) is 10.5. The fourth-order valence-corrected chi connectivity index (χ4v) is 3.00. The Morgan fingerprint density at radius 3 is 2.77 bits per heavy atom. The lowest BCUT2D eigenvalue weighted by molar-refractivity contribution is -0.130. The Bertz CT molecular complexity index is 550. The number of hydrogen-bond donors (Lipinski definition) is 1. The Morgan fingerprint density at radius 1 is 1.36 bits per heavy atom. The molecule has 0 radical (unpaired) electrons. The van der Waals surface area contributed by atoms with E-state index in [0.717, 1.165) is 19.3 Å². The minimum atomic E-state index is -0.819. The van der Waals surface area contributed by atoms with Crippen LogP contribution in [0.4, 0.5) is 0 Å². The number of nitrogens with zero attached hydrogens (tertiary/aromatic N) is 1. The van der Waals surface area contributed by atoms with Crippen molar-refractivity contribution in [2.75, 3.05) is 0 Å². The summed E-state index contributed by atoms with van der Waals surface area (Å²) in [7, 11) is 0. The van der Waals surface area contributed by atoms with Crippen molar-refractivity contribution in [3.63, 3.8) is 0 Å². The first-order valence-corrected chi connectivity index (χ1v) is 8.38. The van der Waals surface area contributed by atoms with Crippen LogP contribution < -0.4 is 5.32 Å². The lowest BCUT2D eigenvalue weighted by atomic mass is 9.86. The third-order valence-electron chi connectivity index (χ3n) is 4.03. The molecule has 1 saturated carbocycles. The molecule has 6 heteroatoms. The molecule has 2 rings (SSSR count). The van der Waals surface area contributed by atoms with Gasteiger partial charge in [0.05, 0.1) is 5.56 Å². The summed E-state index contributed by atoms with van der Waals surface area (Å²) < 4.78 is 5.91. The molecule has 0 saturated heterocycles. The van der Waals surface area contributed by atoms with Crippen molar-refractivity contribution in [1.29, 1.82) is 0 Å². The molecule has 1 fully saturated rings. The zero-order valence-corrected chi connectivity index (χ0v) is 14.4. The first-order valence-electron chi connectivity index (χ1n) is 7.59. The number of nitrogens with one attached hydrogen (secondary N) is 1. The van der Waals surface area contributed by atoms with Crippen molar-refractivity contribution in [2.45, 2.75) is 51.7 Å². The molecule has 0 aromatic carbocycles. The number of amides is 1. The summed E-state index contributed by atoms with van der Waals surface area (Å²) in [5.74, 6) is -0.321. The normalized spacial score (nSPS) is 22.7. The second-order valence-electron chi connectivity index (χ2n) is 5.82. The number of aromatic nitrogens is 1. The minimum Gasteiger partial charge on any atom is -0.449 e. The van der Waals surface area contributed by atoms with Crippen LogP contribution >= 0.6 is 15.9 Å². The second kappa shape index (κ2) is 7.72. The summed E-state index contributed by atoms with van der Waals surface area (Å²) in [6, 6.07) is 1.79. The van der Waals surface area contributed by atoms with Gasteiger partial charge in [0.2, 0.25) is 0 Å². The van der Waals surface area contributed by atoms with Gasteiger partial charge in [0.15, 0.2) is 6.10 Å². The maximum atomic E-state index is 12.2. The van der Waals surface area contributed by atoms with Gasteiger partial charge >= 0.3 is 5.97 Å². The van der Waals surface area contributed by atoms with Crippen molar-refractivity contribution in [2.24, 2.45) is 5.92 Å². The van der Waals surface area contributed by atoms with Crippen LogP contribution in [0.5, 0.6) is 0 Å². The minimum absolute atomic E-state index is 0.176. The third-order valence-corrected chi connectivity index (χ3v) is 4.47. The SMILES string of the molecule is CC(OC(=O)c1cncc(Br)c1)C(=O)NC1CCCCC1C. The van der Waals surface area contributed by atoms with E-state index in [-0.39, 0.29) is 11.9 Å². The van der Waals surface area contributed by atoms with Gasteiger partial charge in [0.1, 0.15) is 0 Å². The van der Waals surface area contributed by atoms with Gasteiger partial charge < -0.3 is 10.1 Å². The maximum Gasteiger partial charge on any atom is 0.340 e. The number of esters is 1. The molecule has 1 amide bonds. The molecule has 1 aromatic rings. The molecule has 0 spiro atoms. The van der Waals surface area contributed by atoms with E-state index >= 15 is 0 Å². The molecule has 1 N–H and O–H groups in total.